The number of carbonyl (C=O) groups is 11. The lowest BCUT2D eigenvalue weighted by atomic mass is 9.99. The van der Waals surface area contributed by atoms with Crippen LogP contribution in [0.5, 0.6) is 0 Å². The zero-order chi connectivity index (χ0) is 63.8. The molecule has 0 aliphatic carbocycles. The van der Waals surface area contributed by atoms with Gasteiger partial charge in [0.2, 0.25) is 53.2 Å². The van der Waals surface area contributed by atoms with Gasteiger partial charge in [0.15, 0.2) is 5.96 Å². The third-order valence-electron chi connectivity index (χ3n) is 14.0. The molecule has 1 aromatic carbocycles. The Kier molecular flexibility index (Phi) is 29.1. The Morgan fingerprint density at radius 1 is 0.671 bits per heavy atom. The average molecular weight is 1200 g/mol. The number of aliphatic hydroxyl groups is 3. The molecule has 31 heteroatoms. The van der Waals surface area contributed by atoms with Crippen LogP contribution in [0.25, 0.3) is 10.9 Å². The van der Waals surface area contributed by atoms with Crippen LogP contribution in [0.2, 0.25) is 0 Å². The second-order valence-electron chi connectivity index (χ2n) is 21.8. The maximum atomic E-state index is 14.1. The number of carbonyl (C=O) groups excluding carboxylic acids is 9. The number of benzene rings is 1. The summed E-state index contributed by atoms with van der Waals surface area (Å²) in [6, 6.07) is -8.13. The van der Waals surface area contributed by atoms with Crippen LogP contribution in [-0.4, -0.2) is 205 Å². The van der Waals surface area contributed by atoms with Crippen molar-refractivity contribution in [2.24, 2.45) is 39.8 Å². The van der Waals surface area contributed by atoms with E-state index in [4.69, 9.17) is 22.9 Å². The first-order chi connectivity index (χ1) is 40.0. The highest BCUT2D eigenvalue weighted by Crippen LogP contribution is 2.23. The molecule has 0 radical (unpaired) electrons. The molecule has 474 valence electrons. The van der Waals surface area contributed by atoms with E-state index in [1.165, 1.54) is 20.8 Å². The number of aliphatic imine (C=N–C) groups is 1. The van der Waals surface area contributed by atoms with Gasteiger partial charge in [-0.3, -0.25) is 52.9 Å². The van der Waals surface area contributed by atoms with Crippen LogP contribution < -0.4 is 65.5 Å². The number of aromatic amines is 1. The van der Waals surface area contributed by atoms with E-state index in [0.717, 1.165) is 22.7 Å². The molecule has 22 N–H and O–H groups in total. The Morgan fingerprint density at radius 2 is 1.24 bits per heavy atom. The van der Waals surface area contributed by atoms with Gasteiger partial charge in [0.05, 0.1) is 31.3 Å². The Morgan fingerprint density at radius 3 is 1.82 bits per heavy atom. The topological polar surface area (TPSA) is 521 Å². The van der Waals surface area contributed by atoms with Gasteiger partial charge in [-0.2, -0.15) is 0 Å². The number of hydrogen-bond donors (Lipinski definition) is 18. The molecule has 1 aliphatic rings. The summed E-state index contributed by atoms with van der Waals surface area (Å²) in [5.74, 6) is -13.2. The van der Waals surface area contributed by atoms with Crippen molar-refractivity contribution in [3.8, 4) is 0 Å². The number of nitrogens with one attached hydrogen (secondary N) is 9. The second-order valence-corrected chi connectivity index (χ2v) is 21.8. The molecule has 0 saturated carbocycles. The van der Waals surface area contributed by atoms with Crippen molar-refractivity contribution in [3.05, 3.63) is 36.0 Å². The van der Waals surface area contributed by atoms with E-state index in [2.05, 4.69) is 52.5 Å². The highest BCUT2D eigenvalue weighted by atomic mass is 16.4. The number of carboxylic acid groups (broad SMARTS) is 2. The number of amides is 9. The number of rotatable bonds is 36. The van der Waals surface area contributed by atoms with Crippen molar-refractivity contribution in [1.29, 1.82) is 0 Å². The predicted molar refractivity (Wildman–Crippen MR) is 308 cm³/mol. The van der Waals surface area contributed by atoms with Crippen molar-refractivity contribution < 1.29 is 78.3 Å². The number of aliphatic carboxylic acids is 2. The minimum absolute atomic E-state index is 0.0109. The molecule has 85 heavy (non-hydrogen) atoms. The van der Waals surface area contributed by atoms with Gasteiger partial charge in [-0.25, -0.2) is 4.79 Å². The van der Waals surface area contributed by atoms with Gasteiger partial charge >= 0.3 is 11.9 Å². The first-order valence-electron chi connectivity index (χ1n) is 28.2. The Balaban J connectivity index is 1.75. The van der Waals surface area contributed by atoms with Crippen LogP contribution in [0.4, 0.5) is 0 Å². The largest absolute Gasteiger partial charge is 0.481 e. The molecule has 2 heterocycles. The third kappa shape index (κ3) is 22.5. The molecule has 9 amide bonds. The van der Waals surface area contributed by atoms with E-state index >= 15 is 0 Å². The summed E-state index contributed by atoms with van der Waals surface area (Å²) in [5, 5.41) is 71.7. The van der Waals surface area contributed by atoms with E-state index in [-0.39, 0.29) is 63.6 Å². The molecule has 3 rings (SSSR count). The smallest absolute Gasteiger partial charge is 0.326 e. The fourth-order valence-electron chi connectivity index (χ4n) is 9.33. The molecule has 12 atom stereocenters. The molecular weight excluding hydrogens is 1110 g/mol. The number of H-pyrrole nitrogens is 1. The number of guanidine groups is 1. The molecule has 2 aromatic rings. The van der Waals surface area contributed by atoms with Crippen LogP contribution in [0, 0.1) is 11.8 Å². The van der Waals surface area contributed by atoms with Gasteiger partial charge < -0.3 is 101 Å². The lowest BCUT2D eigenvalue weighted by Crippen LogP contribution is -2.63. The monoisotopic (exact) mass is 1200 g/mol. The van der Waals surface area contributed by atoms with E-state index < -0.39 is 157 Å². The number of carboxylic acids is 2. The summed E-state index contributed by atoms with van der Waals surface area (Å²) in [6.45, 7) is 8.06. The number of unbranched alkanes of at least 4 members (excludes halogenated alkanes) is 1. The number of likely N-dealkylation sites (tertiary alicyclic amines) is 1. The summed E-state index contributed by atoms with van der Waals surface area (Å²) in [6.07, 6.45) is -1.21. The molecule has 1 aromatic heterocycles. The van der Waals surface area contributed by atoms with Gasteiger partial charge in [-0.15, -0.1) is 0 Å². The average Bonchev–Trinajstić information content (AvgIpc) is 4.31. The van der Waals surface area contributed by atoms with Crippen molar-refractivity contribution in [3.63, 3.8) is 0 Å². The Bertz CT molecular complexity index is 2660. The van der Waals surface area contributed by atoms with Crippen molar-refractivity contribution >= 4 is 82.0 Å². The molecule has 0 spiro atoms. The lowest BCUT2D eigenvalue weighted by molar-refractivity contribution is -0.146. The van der Waals surface area contributed by atoms with Gasteiger partial charge in [0.25, 0.3) is 0 Å². The number of nitrogens with two attached hydrogens (primary N) is 4. The lowest BCUT2D eigenvalue weighted by Gasteiger charge is -2.32. The quantitative estimate of drug-likeness (QED) is 0.0173. The first kappa shape index (κ1) is 71.3. The highest BCUT2D eigenvalue weighted by molar-refractivity contribution is 5.99. The Labute approximate surface area is 491 Å². The maximum absolute atomic E-state index is 14.1. The molecule has 1 saturated heterocycles. The normalized spacial score (nSPS) is 17.0. The van der Waals surface area contributed by atoms with Crippen molar-refractivity contribution in [2.75, 3.05) is 26.2 Å². The summed E-state index contributed by atoms with van der Waals surface area (Å²) < 4.78 is 0. The number of para-hydroxylation sites is 1. The van der Waals surface area contributed by atoms with Crippen molar-refractivity contribution in [1.82, 2.24) is 52.4 Å². The SMILES string of the molecule is CC(C)C[C@H](NC(=O)[C@@H](NC(=O)[C@H](CC(=O)O)NC(=O)[C@H](CO)NC(=O)[C@H](CCCCN)NC(=O)[C@@H](N)CCCN=C(N)N)C(C)C)C(=O)N[C@H](C(=O)N[C@H](C(=O)N1CCC[C@H]1C(=O)N[C@@H](Cc1c[nH]c2ccccc12)C(=O)O)[C@@H](C)O)[C@@H](C)O. The zero-order valence-electron chi connectivity index (χ0n) is 48.8. The van der Waals surface area contributed by atoms with E-state index in [1.54, 1.807) is 38.2 Å². The molecule has 1 aliphatic heterocycles. The molecule has 0 bridgehead atoms. The zero-order valence-corrected chi connectivity index (χ0v) is 48.8. The Hall–Kier alpha value is -8.00. The van der Waals surface area contributed by atoms with Gasteiger partial charge in [0, 0.05) is 36.6 Å². The van der Waals surface area contributed by atoms with E-state index in [1.807, 2.05) is 6.07 Å². The van der Waals surface area contributed by atoms with Crippen LogP contribution in [-0.2, 0) is 59.2 Å². The second kappa shape index (κ2) is 34.7. The van der Waals surface area contributed by atoms with E-state index in [0.29, 0.717) is 31.2 Å². The fraction of sp³-hybridized carbons (Fsp3) is 0.630. The maximum Gasteiger partial charge on any atom is 0.326 e. The first-order valence-corrected chi connectivity index (χ1v) is 28.2. The van der Waals surface area contributed by atoms with Crippen LogP contribution in [0.15, 0.2) is 35.5 Å². The van der Waals surface area contributed by atoms with Crippen LogP contribution in [0.3, 0.4) is 0 Å². The minimum atomic E-state index is -1.93. The fourth-order valence-corrected chi connectivity index (χ4v) is 9.33. The molecule has 0 unspecified atom stereocenters. The van der Waals surface area contributed by atoms with E-state index in [9.17, 15) is 78.3 Å². The summed E-state index contributed by atoms with van der Waals surface area (Å²) in [5.41, 5.74) is 23.7. The van der Waals surface area contributed by atoms with Crippen LogP contribution >= 0.6 is 0 Å². The minimum Gasteiger partial charge on any atom is -0.481 e. The number of aliphatic hydroxyl groups excluding tert-OH is 3. The third-order valence-corrected chi connectivity index (χ3v) is 14.0. The number of nitrogens with zero attached hydrogens (tertiary/aromatic N) is 2. The van der Waals surface area contributed by atoms with Gasteiger partial charge in [0.1, 0.15) is 54.4 Å². The van der Waals surface area contributed by atoms with Crippen molar-refractivity contribution in [2.45, 2.75) is 178 Å². The molecule has 1 fully saturated rings. The summed E-state index contributed by atoms with van der Waals surface area (Å²) >= 11 is 0. The highest BCUT2D eigenvalue weighted by Gasteiger charge is 2.42. The molecular formula is C54H87N15O16. The summed E-state index contributed by atoms with van der Waals surface area (Å²) in [7, 11) is 0. The van der Waals surface area contributed by atoms with Gasteiger partial charge in [-0.05, 0) is 95.2 Å². The summed E-state index contributed by atoms with van der Waals surface area (Å²) in [4.78, 5) is 156. The van der Waals surface area contributed by atoms with Crippen LogP contribution in [0.1, 0.15) is 105 Å². The standard InChI is InChI=1S/C54H87N15O16/c1-26(2)21-35(46(77)67-42(28(5)71)51(82)68-43(29(6)72)52(83)69-20-12-17-39(69)49(80)64-37(53(84)85)22-30-24-60-33-15-8-7-13-31(30)33)63-50(81)41(27(3)4)66-47(78)36(23-40(73)74)62-48(79)38(25-70)65-45(76)34(16-9-10-18-55)61-44(75)32(56)14-11-19-59-54(57)58/h7-8,13,15,24,26-29,32,34-39,41-43,60,70-72H,9-12,14,16-23,25,55-56H2,1-6H3,(H,61,75)(H,62,79)(H,63,81)(H,64,80)(H,65,76)(H,66,78)(H,67,77)(H,68,82)(H,73,74)(H,84,85)(H4,57,58,59)/t28-,29-,32+,34+,35+,36+,37+,38+,39+,41+,42+,43+/m1/s1. The number of aromatic nitrogens is 1. The number of fused-ring (bicyclic) bond motifs is 1. The molecule has 31 nitrogen and oxygen atoms in total. The number of hydrogen-bond acceptors (Lipinski definition) is 17. The predicted octanol–water partition coefficient (Wildman–Crippen LogP) is -4.90. The van der Waals surface area contributed by atoms with Gasteiger partial charge in [-0.1, -0.05) is 45.9 Å².